The van der Waals surface area contributed by atoms with E-state index in [4.69, 9.17) is 19.3 Å². The Morgan fingerprint density at radius 1 is 1.35 bits per heavy atom. The zero-order valence-electron chi connectivity index (χ0n) is 14.8. The molecule has 2 aromatic rings. The number of anilines is 1. The van der Waals surface area contributed by atoms with Gasteiger partial charge in [-0.2, -0.15) is 0 Å². The Hall–Kier alpha value is -3.07. The molecular weight excluding hydrogens is 342 g/mol. The van der Waals surface area contributed by atoms with Crippen molar-refractivity contribution in [2.75, 3.05) is 18.5 Å². The van der Waals surface area contributed by atoms with Crippen molar-refractivity contribution in [3.05, 3.63) is 41.0 Å². The third-order valence-corrected chi connectivity index (χ3v) is 3.71. The van der Waals surface area contributed by atoms with Crippen molar-refractivity contribution in [2.45, 2.75) is 26.8 Å². The van der Waals surface area contributed by atoms with E-state index in [9.17, 15) is 14.4 Å². The smallest absolute Gasteiger partial charge is 0.342 e. The fraction of sp³-hybridized carbons (Fsp3) is 0.353. The highest BCUT2D eigenvalue weighted by Crippen LogP contribution is 2.27. The van der Waals surface area contributed by atoms with E-state index in [0.717, 1.165) is 5.76 Å². The highest BCUT2D eigenvalue weighted by atomic mass is 16.5. The van der Waals surface area contributed by atoms with Gasteiger partial charge in [0.25, 0.3) is 11.8 Å². The van der Waals surface area contributed by atoms with Crippen LogP contribution in [0.15, 0.2) is 27.2 Å². The van der Waals surface area contributed by atoms with Gasteiger partial charge in [-0.05, 0) is 32.9 Å². The van der Waals surface area contributed by atoms with Gasteiger partial charge in [-0.25, -0.2) is 4.79 Å². The van der Waals surface area contributed by atoms with E-state index in [1.807, 2.05) is 13.0 Å². The lowest BCUT2D eigenvalue weighted by Gasteiger charge is -2.08. The number of ether oxygens (including phenoxy) is 1. The van der Waals surface area contributed by atoms with Crippen molar-refractivity contribution in [3.8, 4) is 0 Å². The third-order valence-electron chi connectivity index (χ3n) is 3.71. The summed E-state index contributed by atoms with van der Waals surface area (Å²) in [5, 5.41) is 4.22. The molecule has 0 bridgehead atoms. The van der Waals surface area contributed by atoms with Crippen molar-refractivity contribution in [1.29, 1.82) is 0 Å². The van der Waals surface area contributed by atoms with Gasteiger partial charge in [0, 0.05) is 0 Å². The Labute approximate surface area is 149 Å². The standard InChI is InChI=1S/C17H21N3O6/c1-4-24-17(23)13-10(3)26-16(14(13)15(18)22)20-12(21)8-19-9(2)11-6-5-7-25-11/h5-7,9,19H,4,8H2,1-3H3,(H2,18,22)(H,20,21)/p+1/t9-/m1/s1. The number of carbonyl (C=O) groups is 3. The van der Waals surface area contributed by atoms with Crippen molar-refractivity contribution >= 4 is 23.7 Å². The summed E-state index contributed by atoms with van der Waals surface area (Å²) in [5.74, 6) is -1.35. The molecule has 0 saturated carbocycles. The SMILES string of the molecule is CCOC(=O)c1c(C)oc(NC(=O)C[NH2+][C@H](C)c2ccco2)c1C(N)=O. The first-order valence-corrected chi connectivity index (χ1v) is 8.12. The zero-order chi connectivity index (χ0) is 19.3. The van der Waals surface area contributed by atoms with Crippen LogP contribution in [0.5, 0.6) is 0 Å². The van der Waals surface area contributed by atoms with Gasteiger partial charge < -0.3 is 24.6 Å². The quantitative estimate of drug-likeness (QED) is 0.589. The second kappa shape index (κ2) is 8.34. The van der Waals surface area contributed by atoms with Gasteiger partial charge in [0.05, 0.1) is 12.9 Å². The molecule has 2 aromatic heterocycles. The van der Waals surface area contributed by atoms with Crippen LogP contribution in [0.4, 0.5) is 5.88 Å². The summed E-state index contributed by atoms with van der Waals surface area (Å²) in [5.41, 5.74) is 5.07. The van der Waals surface area contributed by atoms with Crippen LogP contribution in [-0.2, 0) is 9.53 Å². The van der Waals surface area contributed by atoms with Gasteiger partial charge in [-0.3, -0.25) is 14.9 Å². The van der Waals surface area contributed by atoms with Gasteiger partial charge in [0.1, 0.15) is 22.9 Å². The molecule has 0 aliphatic heterocycles. The van der Waals surface area contributed by atoms with Gasteiger partial charge in [0.15, 0.2) is 12.3 Å². The lowest BCUT2D eigenvalue weighted by atomic mass is 10.1. The van der Waals surface area contributed by atoms with Crippen LogP contribution in [0.25, 0.3) is 0 Å². The Morgan fingerprint density at radius 2 is 2.08 bits per heavy atom. The number of quaternary nitrogens is 1. The van der Waals surface area contributed by atoms with Crippen molar-refractivity contribution < 1.29 is 33.3 Å². The van der Waals surface area contributed by atoms with Crippen LogP contribution >= 0.6 is 0 Å². The summed E-state index contributed by atoms with van der Waals surface area (Å²) in [7, 11) is 0. The lowest BCUT2D eigenvalue weighted by Crippen LogP contribution is -2.86. The van der Waals surface area contributed by atoms with Crippen molar-refractivity contribution in [1.82, 2.24) is 0 Å². The van der Waals surface area contributed by atoms with Crippen molar-refractivity contribution in [3.63, 3.8) is 0 Å². The van der Waals surface area contributed by atoms with E-state index in [-0.39, 0.29) is 42.0 Å². The fourth-order valence-electron chi connectivity index (χ4n) is 2.44. The predicted molar refractivity (Wildman–Crippen MR) is 90.5 cm³/mol. The van der Waals surface area contributed by atoms with Crippen LogP contribution in [0.1, 0.15) is 52.1 Å². The second-order valence-corrected chi connectivity index (χ2v) is 5.61. The van der Waals surface area contributed by atoms with E-state index in [0.29, 0.717) is 0 Å². The minimum Gasteiger partial charge on any atom is -0.463 e. The molecule has 2 amide bonds. The topological polar surface area (TPSA) is 141 Å². The molecule has 0 spiro atoms. The fourth-order valence-corrected chi connectivity index (χ4v) is 2.44. The molecule has 0 radical (unpaired) electrons. The van der Waals surface area contributed by atoms with Gasteiger partial charge in [-0.1, -0.05) is 0 Å². The van der Waals surface area contributed by atoms with E-state index >= 15 is 0 Å². The number of primary amides is 1. The van der Waals surface area contributed by atoms with Crippen molar-refractivity contribution in [2.24, 2.45) is 5.73 Å². The first-order chi connectivity index (χ1) is 12.3. The number of esters is 1. The van der Waals surface area contributed by atoms with Gasteiger partial charge in [0.2, 0.25) is 5.88 Å². The molecule has 9 nitrogen and oxygen atoms in total. The van der Waals surface area contributed by atoms with Crippen LogP contribution in [0.3, 0.4) is 0 Å². The number of furan rings is 2. The van der Waals surface area contributed by atoms with Gasteiger partial charge >= 0.3 is 5.97 Å². The minimum absolute atomic E-state index is 0.0502. The Kier molecular flexibility index (Phi) is 6.18. The zero-order valence-corrected chi connectivity index (χ0v) is 14.8. The molecule has 0 aromatic carbocycles. The molecule has 0 aliphatic rings. The number of hydrogen-bond donors (Lipinski definition) is 3. The maximum atomic E-state index is 12.2. The first kappa shape index (κ1) is 19.3. The maximum Gasteiger partial charge on any atom is 0.342 e. The van der Waals surface area contributed by atoms with E-state index in [1.54, 1.807) is 24.6 Å². The Balaban J connectivity index is 2.10. The summed E-state index contributed by atoms with van der Waals surface area (Å²) < 4.78 is 15.5. The molecule has 2 heterocycles. The molecule has 26 heavy (non-hydrogen) atoms. The first-order valence-electron chi connectivity index (χ1n) is 8.12. The summed E-state index contributed by atoms with van der Waals surface area (Å²) in [6, 6.07) is 3.51. The van der Waals surface area contributed by atoms with Crippen LogP contribution in [0.2, 0.25) is 0 Å². The average Bonchev–Trinajstić information content (AvgIpc) is 3.20. The number of amides is 2. The van der Waals surface area contributed by atoms with E-state index in [1.165, 1.54) is 6.92 Å². The maximum absolute atomic E-state index is 12.2. The molecular formula is C17H22N3O6+. The Morgan fingerprint density at radius 3 is 2.65 bits per heavy atom. The molecule has 2 rings (SSSR count). The number of hydrogen-bond acceptors (Lipinski definition) is 6. The van der Waals surface area contributed by atoms with Crippen LogP contribution in [0, 0.1) is 6.92 Å². The van der Waals surface area contributed by atoms with E-state index in [2.05, 4.69) is 5.32 Å². The molecule has 1 atom stereocenters. The molecule has 9 heteroatoms. The molecule has 0 unspecified atom stereocenters. The predicted octanol–water partition coefficient (Wildman–Crippen LogP) is 0.720. The van der Waals surface area contributed by atoms with Gasteiger partial charge in [-0.15, -0.1) is 0 Å². The largest absolute Gasteiger partial charge is 0.463 e. The minimum atomic E-state index is -0.895. The number of rotatable bonds is 8. The molecule has 140 valence electrons. The highest BCUT2D eigenvalue weighted by Gasteiger charge is 2.29. The number of nitrogens with two attached hydrogens (primary N) is 2. The highest BCUT2D eigenvalue weighted by molar-refractivity contribution is 6.10. The molecule has 0 aliphatic carbocycles. The second-order valence-electron chi connectivity index (χ2n) is 5.61. The lowest BCUT2D eigenvalue weighted by molar-refractivity contribution is -0.684. The van der Waals surface area contributed by atoms with Crippen LogP contribution in [-0.4, -0.2) is 30.9 Å². The third kappa shape index (κ3) is 4.31. The summed E-state index contributed by atoms with van der Waals surface area (Å²) in [4.78, 5) is 35.9. The number of aryl methyl sites for hydroxylation is 1. The summed E-state index contributed by atoms with van der Waals surface area (Å²) in [6.07, 6.45) is 1.56. The summed E-state index contributed by atoms with van der Waals surface area (Å²) >= 11 is 0. The van der Waals surface area contributed by atoms with Crippen LogP contribution < -0.4 is 16.4 Å². The molecule has 0 saturated heterocycles. The normalized spacial score (nSPS) is 11.8. The average molecular weight is 364 g/mol. The monoisotopic (exact) mass is 364 g/mol. The summed E-state index contributed by atoms with van der Waals surface area (Å²) in [6.45, 7) is 5.18. The van der Waals surface area contributed by atoms with E-state index < -0.39 is 17.8 Å². The Bertz CT molecular complexity index is 794. The number of carbonyl (C=O) groups excluding carboxylic acids is 3. The molecule has 5 N–H and O–H groups in total. The number of nitrogens with one attached hydrogen (secondary N) is 1. The molecule has 0 fully saturated rings.